The van der Waals surface area contributed by atoms with Gasteiger partial charge in [-0.05, 0) is 30.3 Å². The first kappa shape index (κ1) is 14.5. The number of nitrogens with zero attached hydrogens (tertiary/aromatic N) is 1. The Labute approximate surface area is 120 Å². The van der Waals surface area contributed by atoms with E-state index in [0.717, 1.165) is 18.8 Å². The average molecular weight is 272 g/mol. The monoisotopic (exact) mass is 272 g/mol. The number of benzene rings is 2. The molecule has 20 heavy (non-hydrogen) atoms. The summed E-state index contributed by atoms with van der Waals surface area (Å²) in [6.45, 7) is 3.79. The van der Waals surface area contributed by atoms with Crippen molar-refractivity contribution >= 4 is 5.69 Å². The molecule has 2 aromatic rings. The number of anilines is 1. The van der Waals surface area contributed by atoms with Gasteiger partial charge < -0.3 is 10.2 Å². The van der Waals surface area contributed by atoms with Crippen LogP contribution in [0, 0.1) is 5.82 Å². The van der Waals surface area contributed by atoms with Gasteiger partial charge in [-0.1, -0.05) is 43.3 Å². The van der Waals surface area contributed by atoms with Crippen molar-refractivity contribution in [2.24, 2.45) is 0 Å². The molecule has 0 aliphatic rings. The van der Waals surface area contributed by atoms with Crippen molar-refractivity contribution in [3.05, 3.63) is 66.0 Å². The van der Waals surface area contributed by atoms with Gasteiger partial charge in [0.15, 0.2) is 0 Å². The van der Waals surface area contributed by atoms with E-state index < -0.39 is 0 Å². The first-order chi connectivity index (χ1) is 9.70. The minimum atomic E-state index is -0.200. The molecule has 0 bridgehead atoms. The zero-order chi connectivity index (χ0) is 14.4. The van der Waals surface area contributed by atoms with Gasteiger partial charge in [0.25, 0.3) is 0 Å². The molecule has 0 fully saturated rings. The molecule has 1 unspecified atom stereocenters. The van der Waals surface area contributed by atoms with Crippen LogP contribution in [-0.4, -0.2) is 20.1 Å². The van der Waals surface area contributed by atoms with Crippen molar-refractivity contribution in [3.8, 4) is 0 Å². The van der Waals surface area contributed by atoms with Crippen LogP contribution in [0.1, 0.15) is 18.5 Å². The van der Waals surface area contributed by atoms with Gasteiger partial charge in [-0.15, -0.1) is 0 Å². The molecule has 0 heterocycles. The molecule has 0 spiro atoms. The summed E-state index contributed by atoms with van der Waals surface area (Å²) in [7, 11) is 1.99. The van der Waals surface area contributed by atoms with E-state index in [0.29, 0.717) is 0 Å². The third-order valence-electron chi connectivity index (χ3n) is 3.36. The largest absolute Gasteiger partial charge is 0.373 e. The molecule has 1 N–H and O–H groups in total. The topological polar surface area (TPSA) is 15.3 Å². The van der Waals surface area contributed by atoms with Gasteiger partial charge in [0.05, 0.1) is 0 Å². The van der Waals surface area contributed by atoms with Gasteiger partial charge >= 0.3 is 0 Å². The SMILES string of the molecule is CCNC(CN(C)c1cccc(F)c1)c1ccccc1. The molecule has 2 nitrogen and oxygen atoms in total. The Bertz CT molecular complexity index is 528. The van der Waals surface area contributed by atoms with Crippen LogP contribution < -0.4 is 10.2 Å². The lowest BCUT2D eigenvalue weighted by molar-refractivity contribution is 0.549. The molecule has 2 aromatic carbocycles. The predicted molar refractivity (Wildman–Crippen MR) is 82.5 cm³/mol. The lowest BCUT2D eigenvalue weighted by atomic mass is 10.1. The molecule has 0 aromatic heterocycles. The van der Waals surface area contributed by atoms with Crippen LogP contribution in [-0.2, 0) is 0 Å². The van der Waals surface area contributed by atoms with Crippen molar-refractivity contribution in [1.29, 1.82) is 0 Å². The fraction of sp³-hybridized carbons (Fsp3) is 0.294. The summed E-state index contributed by atoms with van der Waals surface area (Å²) in [5.74, 6) is -0.200. The maximum absolute atomic E-state index is 13.3. The highest BCUT2D eigenvalue weighted by molar-refractivity contribution is 5.46. The van der Waals surface area contributed by atoms with Crippen LogP contribution in [0.4, 0.5) is 10.1 Å². The van der Waals surface area contributed by atoms with Crippen LogP contribution in [0.5, 0.6) is 0 Å². The molecule has 3 heteroatoms. The molecule has 1 atom stereocenters. The first-order valence-electron chi connectivity index (χ1n) is 6.95. The van der Waals surface area contributed by atoms with E-state index in [1.54, 1.807) is 12.1 Å². The Morgan fingerprint density at radius 2 is 1.85 bits per heavy atom. The minimum Gasteiger partial charge on any atom is -0.373 e. The zero-order valence-electron chi connectivity index (χ0n) is 12.0. The summed E-state index contributed by atoms with van der Waals surface area (Å²) in [6.07, 6.45) is 0. The van der Waals surface area contributed by atoms with Crippen molar-refractivity contribution in [1.82, 2.24) is 5.32 Å². The molecule has 0 radical (unpaired) electrons. The Hall–Kier alpha value is -1.87. The molecule has 0 aliphatic carbocycles. The molecule has 0 amide bonds. The van der Waals surface area contributed by atoms with Crippen LogP contribution in [0.3, 0.4) is 0 Å². The van der Waals surface area contributed by atoms with E-state index in [9.17, 15) is 4.39 Å². The van der Waals surface area contributed by atoms with E-state index in [1.807, 2.05) is 31.3 Å². The van der Waals surface area contributed by atoms with Crippen molar-refractivity contribution < 1.29 is 4.39 Å². The van der Waals surface area contributed by atoms with E-state index in [2.05, 4.69) is 29.3 Å². The van der Waals surface area contributed by atoms with Gasteiger partial charge in [0.1, 0.15) is 5.82 Å². The highest BCUT2D eigenvalue weighted by Gasteiger charge is 2.13. The van der Waals surface area contributed by atoms with E-state index >= 15 is 0 Å². The predicted octanol–water partition coefficient (Wildman–Crippen LogP) is 3.61. The van der Waals surface area contributed by atoms with Crippen LogP contribution in [0.15, 0.2) is 54.6 Å². The summed E-state index contributed by atoms with van der Waals surface area (Å²) >= 11 is 0. The summed E-state index contributed by atoms with van der Waals surface area (Å²) in [4.78, 5) is 2.07. The number of nitrogens with one attached hydrogen (secondary N) is 1. The summed E-state index contributed by atoms with van der Waals surface area (Å²) in [5, 5.41) is 3.48. The summed E-state index contributed by atoms with van der Waals surface area (Å²) in [6, 6.07) is 17.3. The fourth-order valence-electron chi connectivity index (χ4n) is 2.31. The Morgan fingerprint density at radius 1 is 1.10 bits per heavy atom. The Morgan fingerprint density at radius 3 is 2.50 bits per heavy atom. The third kappa shape index (κ3) is 3.81. The number of hydrogen-bond acceptors (Lipinski definition) is 2. The first-order valence-corrected chi connectivity index (χ1v) is 6.95. The van der Waals surface area contributed by atoms with Crippen LogP contribution in [0.2, 0.25) is 0 Å². The molecular formula is C17H21FN2. The second-order valence-corrected chi connectivity index (χ2v) is 4.88. The fourth-order valence-corrected chi connectivity index (χ4v) is 2.31. The Kier molecular flexibility index (Phi) is 5.13. The molecule has 0 aliphatic heterocycles. The normalized spacial score (nSPS) is 12.2. The average Bonchev–Trinajstić information content (AvgIpc) is 2.47. The van der Waals surface area contributed by atoms with E-state index in [1.165, 1.54) is 11.6 Å². The van der Waals surface area contributed by atoms with E-state index in [4.69, 9.17) is 0 Å². The van der Waals surface area contributed by atoms with Crippen LogP contribution >= 0.6 is 0 Å². The number of likely N-dealkylation sites (N-methyl/N-ethyl adjacent to an activating group) is 2. The van der Waals surface area contributed by atoms with Crippen LogP contribution in [0.25, 0.3) is 0 Å². The quantitative estimate of drug-likeness (QED) is 0.864. The van der Waals surface area contributed by atoms with Gasteiger partial charge in [-0.3, -0.25) is 0 Å². The molecule has 2 rings (SSSR count). The highest BCUT2D eigenvalue weighted by Crippen LogP contribution is 2.19. The summed E-state index contributed by atoms with van der Waals surface area (Å²) < 4.78 is 13.3. The maximum atomic E-state index is 13.3. The van der Waals surface area contributed by atoms with Gasteiger partial charge in [-0.2, -0.15) is 0 Å². The number of halogens is 1. The molecular weight excluding hydrogens is 251 g/mol. The number of rotatable bonds is 6. The highest BCUT2D eigenvalue weighted by atomic mass is 19.1. The summed E-state index contributed by atoms with van der Waals surface area (Å²) in [5.41, 5.74) is 2.14. The molecule has 106 valence electrons. The smallest absolute Gasteiger partial charge is 0.125 e. The lowest BCUT2D eigenvalue weighted by Crippen LogP contribution is -2.33. The second kappa shape index (κ2) is 7.06. The van der Waals surface area contributed by atoms with Crippen molar-refractivity contribution in [2.75, 3.05) is 25.0 Å². The van der Waals surface area contributed by atoms with Crippen molar-refractivity contribution in [3.63, 3.8) is 0 Å². The molecule has 0 saturated heterocycles. The maximum Gasteiger partial charge on any atom is 0.125 e. The van der Waals surface area contributed by atoms with Crippen molar-refractivity contribution in [2.45, 2.75) is 13.0 Å². The zero-order valence-corrected chi connectivity index (χ0v) is 12.0. The third-order valence-corrected chi connectivity index (χ3v) is 3.36. The Balaban J connectivity index is 2.12. The number of hydrogen-bond donors (Lipinski definition) is 1. The minimum absolute atomic E-state index is 0.200. The second-order valence-electron chi connectivity index (χ2n) is 4.88. The van der Waals surface area contributed by atoms with Gasteiger partial charge in [0.2, 0.25) is 0 Å². The standard InChI is InChI=1S/C17H21FN2/c1-3-19-17(14-8-5-4-6-9-14)13-20(2)16-11-7-10-15(18)12-16/h4-12,17,19H,3,13H2,1-2H3. The van der Waals surface area contributed by atoms with Gasteiger partial charge in [0, 0.05) is 25.3 Å². The lowest BCUT2D eigenvalue weighted by Gasteiger charge is -2.26. The van der Waals surface area contributed by atoms with Gasteiger partial charge in [-0.25, -0.2) is 4.39 Å². The molecule has 0 saturated carbocycles. The van der Waals surface area contributed by atoms with E-state index in [-0.39, 0.29) is 11.9 Å².